The summed E-state index contributed by atoms with van der Waals surface area (Å²) in [5, 5.41) is 6.63. The fourth-order valence-electron chi connectivity index (χ4n) is 3.06. The number of guanidine groups is 1. The van der Waals surface area contributed by atoms with Crippen molar-refractivity contribution in [3.63, 3.8) is 0 Å². The first-order valence-corrected chi connectivity index (χ1v) is 11.6. The zero-order valence-electron chi connectivity index (χ0n) is 15.9. The molecule has 1 saturated carbocycles. The van der Waals surface area contributed by atoms with Crippen molar-refractivity contribution in [2.75, 3.05) is 32.1 Å². The lowest BCUT2D eigenvalue weighted by Crippen LogP contribution is -2.41. The average Bonchev–Trinajstić information content (AvgIpc) is 3.26. The summed E-state index contributed by atoms with van der Waals surface area (Å²) in [6.07, 6.45) is 13.8. The van der Waals surface area contributed by atoms with E-state index in [0.717, 1.165) is 31.8 Å². The van der Waals surface area contributed by atoms with E-state index in [-0.39, 0.29) is 11.2 Å². The summed E-state index contributed by atoms with van der Waals surface area (Å²) < 4.78 is 23.0. The van der Waals surface area contributed by atoms with Gasteiger partial charge in [-0.1, -0.05) is 51.9 Å². The van der Waals surface area contributed by atoms with Gasteiger partial charge < -0.3 is 10.6 Å². The Bertz CT molecular complexity index is 471. The van der Waals surface area contributed by atoms with Crippen molar-refractivity contribution in [3.05, 3.63) is 0 Å². The highest BCUT2D eigenvalue weighted by Crippen LogP contribution is 2.45. The summed E-state index contributed by atoms with van der Waals surface area (Å²) in [5.74, 6) is 1.07. The molecule has 0 aromatic heterocycles. The smallest absolute Gasteiger partial charge is 0.190 e. The van der Waals surface area contributed by atoms with Crippen molar-refractivity contribution in [1.82, 2.24) is 10.6 Å². The van der Waals surface area contributed by atoms with E-state index in [1.165, 1.54) is 51.2 Å². The van der Waals surface area contributed by atoms with E-state index < -0.39 is 9.84 Å². The Labute approximate surface area is 149 Å². The lowest BCUT2D eigenvalue weighted by atomic mass is 10.1. The van der Waals surface area contributed by atoms with Crippen molar-refractivity contribution in [2.24, 2.45) is 10.4 Å². The van der Waals surface area contributed by atoms with Gasteiger partial charge in [-0.15, -0.1) is 0 Å². The Morgan fingerprint density at radius 2 is 1.58 bits per heavy atom. The molecule has 142 valence electrons. The van der Waals surface area contributed by atoms with Gasteiger partial charge in [-0.2, -0.15) is 0 Å². The number of nitrogens with zero attached hydrogens (tertiary/aromatic N) is 1. The predicted molar refractivity (Wildman–Crippen MR) is 103 cm³/mol. The van der Waals surface area contributed by atoms with Gasteiger partial charge in [0.1, 0.15) is 9.84 Å². The maximum atomic E-state index is 11.5. The van der Waals surface area contributed by atoms with Crippen LogP contribution in [0.25, 0.3) is 0 Å². The highest BCUT2D eigenvalue weighted by atomic mass is 32.2. The van der Waals surface area contributed by atoms with Gasteiger partial charge >= 0.3 is 0 Å². The Balaban J connectivity index is 2.07. The minimum atomic E-state index is -2.91. The summed E-state index contributed by atoms with van der Waals surface area (Å²) in [6, 6.07) is 0. The Morgan fingerprint density at radius 3 is 2.08 bits per heavy atom. The molecule has 6 heteroatoms. The first-order valence-electron chi connectivity index (χ1n) is 9.53. The molecular weight excluding hydrogens is 322 g/mol. The van der Waals surface area contributed by atoms with Crippen molar-refractivity contribution >= 4 is 15.8 Å². The summed E-state index contributed by atoms with van der Waals surface area (Å²) >= 11 is 0. The van der Waals surface area contributed by atoms with E-state index in [4.69, 9.17) is 0 Å². The van der Waals surface area contributed by atoms with Crippen molar-refractivity contribution in [2.45, 2.75) is 71.1 Å². The van der Waals surface area contributed by atoms with Gasteiger partial charge in [-0.3, -0.25) is 4.99 Å². The van der Waals surface area contributed by atoms with Crippen LogP contribution in [0.15, 0.2) is 4.99 Å². The standard InChI is InChI=1S/C18H37N3O2S/c1-4-5-6-7-8-9-10-11-14-20-17(19-2)21-15-18(12-13-18)16-24(3,22)23/h4-16H2,1-3H3,(H2,19,20,21). The van der Waals surface area contributed by atoms with Crippen LogP contribution < -0.4 is 10.6 Å². The van der Waals surface area contributed by atoms with Crippen LogP contribution in [-0.4, -0.2) is 46.5 Å². The average molecular weight is 360 g/mol. The van der Waals surface area contributed by atoms with Gasteiger partial charge in [0.05, 0.1) is 5.75 Å². The van der Waals surface area contributed by atoms with Gasteiger partial charge in [0, 0.05) is 31.8 Å². The van der Waals surface area contributed by atoms with Crippen LogP contribution in [0, 0.1) is 5.41 Å². The molecule has 0 aromatic rings. The molecule has 1 aliphatic carbocycles. The van der Waals surface area contributed by atoms with Gasteiger partial charge in [0.15, 0.2) is 5.96 Å². The number of rotatable bonds is 13. The van der Waals surface area contributed by atoms with Crippen LogP contribution in [0.4, 0.5) is 0 Å². The summed E-state index contributed by atoms with van der Waals surface area (Å²) in [7, 11) is -1.15. The molecule has 1 rings (SSSR count). The Kier molecular flexibility index (Phi) is 9.71. The molecule has 0 unspecified atom stereocenters. The molecule has 0 bridgehead atoms. The number of sulfone groups is 1. The lowest BCUT2D eigenvalue weighted by Gasteiger charge is -2.17. The molecule has 0 radical (unpaired) electrons. The number of nitrogens with one attached hydrogen (secondary N) is 2. The van der Waals surface area contributed by atoms with Crippen LogP contribution in [0.1, 0.15) is 71.1 Å². The van der Waals surface area contributed by atoms with Crippen LogP contribution in [0.2, 0.25) is 0 Å². The highest BCUT2D eigenvalue weighted by Gasteiger charge is 2.45. The minimum absolute atomic E-state index is 0.0658. The number of hydrogen-bond donors (Lipinski definition) is 2. The monoisotopic (exact) mass is 359 g/mol. The molecule has 0 heterocycles. The van der Waals surface area contributed by atoms with Crippen LogP contribution in [0.3, 0.4) is 0 Å². The molecule has 5 nitrogen and oxygen atoms in total. The number of aliphatic imine (C=N–C) groups is 1. The highest BCUT2D eigenvalue weighted by molar-refractivity contribution is 7.90. The minimum Gasteiger partial charge on any atom is -0.356 e. The molecular formula is C18H37N3O2S. The Morgan fingerprint density at radius 1 is 1.00 bits per heavy atom. The van der Waals surface area contributed by atoms with Crippen LogP contribution >= 0.6 is 0 Å². The molecule has 1 fully saturated rings. The first-order chi connectivity index (χ1) is 11.4. The zero-order chi connectivity index (χ0) is 17.9. The third-order valence-corrected chi connectivity index (χ3v) is 5.84. The number of hydrogen-bond acceptors (Lipinski definition) is 3. The van der Waals surface area contributed by atoms with E-state index in [9.17, 15) is 8.42 Å². The van der Waals surface area contributed by atoms with Crippen LogP contribution in [0.5, 0.6) is 0 Å². The van der Waals surface area contributed by atoms with E-state index in [1.54, 1.807) is 7.05 Å². The predicted octanol–water partition coefficient (Wildman–Crippen LogP) is 3.12. The van der Waals surface area contributed by atoms with Gasteiger partial charge in [0.25, 0.3) is 0 Å². The third-order valence-electron chi connectivity index (χ3n) is 4.70. The molecule has 0 atom stereocenters. The fourth-order valence-corrected chi connectivity index (χ4v) is 4.57. The van der Waals surface area contributed by atoms with Crippen LogP contribution in [-0.2, 0) is 9.84 Å². The third kappa shape index (κ3) is 10.2. The van der Waals surface area contributed by atoms with Gasteiger partial charge in [-0.25, -0.2) is 8.42 Å². The second kappa shape index (κ2) is 11.0. The SMILES string of the molecule is CCCCCCCCCCNC(=NC)NCC1(CS(C)(=O)=O)CC1. The van der Waals surface area contributed by atoms with Crippen molar-refractivity contribution < 1.29 is 8.42 Å². The van der Waals surface area contributed by atoms with Gasteiger partial charge in [-0.05, 0) is 19.3 Å². The van der Waals surface area contributed by atoms with E-state index in [0.29, 0.717) is 6.54 Å². The quantitative estimate of drug-likeness (QED) is 0.301. The molecule has 0 amide bonds. The summed E-state index contributed by atoms with van der Waals surface area (Å²) in [4.78, 5) is 4.23. The first kappa shape index (κ1) is 21.3. The van der Waals surface area contributed by atoms with Gasteiger partial charge in [0.2, 0.25) is 0 Å². The van der Waals surface area contributed by atoms with Crippen molar-refractivity contribution in [1.29, 1.82) is 0 Å². The molecule has 0 aliphatic heterocycles. The normalized spacial score (nSPS) is 16.9. The molecule has 0 spiro atoms. The topological polar surface area (TPSA) is 70.6 Å². The summed E-state index contributed by atoms with van der Waals surface area (Å²) in [6.45, 7) is 3.86. The molecule has 24 heavy (non-hydrogen) atoms. The summed E-state index contributed by atoms with van der Waals surface area (Å²) in [5.41, 5.74) is -0.0658. The molecule has 0 saturated heterocycles. The molecule has 1 aliphatic rings. The molecule has 0 aromatic carbocycles. The van der Waals surface area contributed by atoms with Crippen molar-refractivity contribution in [3.8, 4) is 0 Å². The maximum Gasteiger partial charge on any atom is 0.190 e. The second-order valence-corrected chi connectivity index (χ2v) is 9.54. The molecule has 2 N–H and O–H groups in total. The van der Waals surface area contributed by atoms with E-state index in [1.807, 2.05) is 0 Å². The lowest BCUT2D eigenvalue weighted by molar-refractivity contribution is 0.527. The second-order valence-electron chi connectivity index (χ2n) is 7.40. The maximum absolute atomic E-state index is 11.5. The largest absolute Gasteiger partial charge is 0.356 e. The zero-order valence-corrected chi connectivity index (χ0v) is 16.7. The Hall–Kier alpha value is -0.780. The fraction of sp³-hybridized carbons (Fsp3) is 0.944. The van der Waals surface area contributed by atoms with E-state index >= 15 is 0 Å². The van der Waals surface area contributed by atoms with E-state index in [2.05, 4.69) is 22.5 Å². The number of unbranched alkanes of at least 4 members (excludes halogenated alkanes) is 7.